The first-order valence-corrected chi connectivity index (χ1v) is 8.54. The summed E-state index contributed by atoms with van der Waals surface area (Å²) in [5, 5.41) is 4.15. The smallest absolute Gasteiger partial charge is 0.309 e. The predicted octanol–water partition coefficient (Wildman–Crippen LogP) is 3.60. The molecule has 0 aromatic carbocycles. The van der Waals surface area contributed by atoms with E-state index in [1.165, 1.54) is 12.8 Å². The Bertz CT molecular complexity index is 495. The van der Waals surface area contributed by atoms with E-state index in [1.807, 2.05) is 26.4 Å². The molecule has 0 N–H and O–H groups in total. The SMILES string of the molecule is CC(Cc1cnn(C)c1)C(=O)O[C@H]1C[C@@H](C)CC[C@@H]1C(C)C. The zero-order chi connectivity index (χ0) is 16.3. The van der Waals surface area contributed by atoms with Gasteiger partial charge in [-0.2, -0.15) is 5.10 Å². The van der Waals surface area contributed by atoms with E-state index >= 15 is 0 Å². The Labute approximate surface area is 134 Å². The summed E-state index contributed by atoms with van der Waals surface area (Å²) < 4.78 is 7.68. The maximum Gasteiger partial charge on any atom is 0.309 e. The zero-order valence-electron chi connectivity index (χ0n) is 14.6. The summed E-state index contributed by atoms with van der Waals surface area (Å²) in [6.07, 6.45) is 8.01. The molecular formula is C18H30N2O2. The van der Waals surface area contributed by atoms with Crippen molar-refractivity contribution in [2.24, 2.45) is 30.7 Å². The highest BCUT2D eigenvalue weighted by Gasteiger charge is 2.34. The van der Waals surface area contributed by atoms with Crippen LogP contribution in [0.2, 0.25) is 0 Å². The minimum Gasteiger partial charge on any atom is -0.462 e. The van der Waals surface area contributed by atoms with Crippen LogP contribution in [-0.2, 0) is 23.0 Å². The lowest BCUT2D eigenvalue weighted by atomic mass is 9.75. The fourth-order valence-electron chi connectivity index (χ4n) is 3.53. The Hall–Kier alpha value is -1.32. The maximum absolute atomic E-state index is 12.4. The molecule has 4 atom stereocenters. The third-order valence-corrected chi connectivity index (χ3v) is 4.93. The van der Waals surface area contributed by atoms with E-state index in [2.05, 4.69) is 25.9 Å². The number of rotatable bonds is 5. The number of aromatic nitrogens is 2. The molecule has 124 valence electrons. The standard InChI is InChI=1S/C18H30N2O2/c1-12(2)16-7-6-13(3)8-17(16)22-18(21)14(4)9-15-10-19-20(5)11-15/h10-14,16-17H,6-9H2,1-5H3/t13-,14?,16+,17-/m0/s1. The summed E-state index contributed by atoms with van der Waals surface area (Å²) in [5.74, 6) is 1.55. The van der Waals surface area contributed by atoms with Crippen LogP contribution in [0.3, 0.4) is 0 Å². The third kappa shape index (κ3) is 4.34. The number of nitrogens with zero attached hydrogens (tertiary/aromatic N) is 2. The zero-order valence-corrected chi connectivity index (χ0v) is 14.6. The van der Waals surface area contributed by atoms with Crippen LogP contribution in [0.1, 0.15) is 52.5 Å². The van der Waals surface area contributed by atoms with Gasteiger partial charge in [-0.25, -0.2) is 0 Å². The second kappa shape index (κ2) is 7.30. The molecule has 1 aromatic heterocycles. The maximum atomic E-state index is 12.4. The molecule has 1 unspecified atom stereocenters. The van der Waals surface area contributed by atoms with Crippen molar-refractivity contribution in [3.05, 3.63) is 18.0 Å². The molecule has 0 aliphatic heterocycles. The van der Waals surface area contributed by atoms with E-state index in [-0.39, 0.29) is 18.0 Å². The summed E-state index contributed by atoms with van der Waals surface area (Å²) in [6, 6.07) is 0. The van der Waals surface area contributed by atoms with Gasteiger partial charge in [-0.15, -0.1) is 0 Å². The summed E-state index contributed by atoms with van der Waals surface area (Å²) in [4.78, 5) is 12.4. The Kier molecular flexibility index (Phi) is 5.65. The van der Waals surface area contributed by atoms with E-state index in [0.717, 1.165) is 12.0 Å². The van der Waals surface area contributed by atoms with Gasteiger partial charge in [-0.3, -0.25) is 9.48 Å². The van der Waals surface area contributed by atoms with Gasteiger partial charge in [0, 0.05) is 13.2 Å². The van der Waals surface area contributed by atoms with Crippen molar-refractivity contribution in [3.63, 3.8) is 0 Å². The molecule has 22 heavy (non-hydrogen) atoms. The lowest BCUT2D eigenvalue weighted by molar-refractivity contribution is -0.160. The van der Waals surface area contributed by atoms with Crippen LogP contribution < -0.4 is 0 Å². The summed E-state index contributed by atoms with van der Waals surface area (Å²) in [7, 11) is 1.89. The number of aryl methyl sites for hydroxylation is 1. The average molecular weight is 306 g/mol. The van der Waals surface area contributed by atoms with Gasteiger partial charge in [0.25, 0.3) is 0 Å². The van der Waals surface area contributed by atoms with E-state index in [9.17, 15) is 4.79 Å². The van der Waals surface area contributed by atoms with Crippen LogP contribution in [-0.4, -0.2) is 21.9 Å². The molecule has 2 rings (SSSR count). The Morgan fingerprint density at radius 1 is 1.41 bits per heavy atom. The topological polar surface area (TPSA) is 44.1 Å². The molecule has 1 aliphatic rings. The van der Waals surface area contributed by atoms with Gasteiger partial charge in [0.15, 0.2) is 0 Å². The minimum absolute atomic E-state index is 0.0615. The summed E-state index contributed by atoms with van der Waals surface area (Å²) in [6.45, 7) is 8.68. The van der Waals surface area contributed by atoms with Crippen LogP contribution in [0.4, 0.5) is 0 Å². The van der Waals surface area contributed by atoms with Gasteiger partial charge in [-0.05, 0) is 42.6 Å². The molecule has 0 radical (unpaired) electrons. The minimum atomic E-state index is -0.116. The van der Waals surface area contributed by atoms with Gasteiger partial charge in [0.2, 0.25) is 0 Å². The van der Waals surface area contributed by atoms with E-state index in [1.54, 1.807) is 4.68 Å². The molecule has 4 nitrogen and oxygen atoms in total. The largest absolute Gasteiger partial charge is 0.462 e. The van der Waals surface area contributed by atoms with Crippen molar-refractivity contribution in [1.82, 2.24) is 9.78 Å². The van der Waals surface area contributed by atoms with Crippen molar-refractivity contribution in [3.8, 4) is 0 Å². The fraction of sp³-hybridized carbons (Fsp3) is 0.778. The van der Waals surface area contributed by atoms with Crippen molar-refractivity contribution >= 4 is 5.97 Å². The molecule has 1 heterocycles. The van der Waals surface area contributed by atoms with Crippen LogP contribution in [0.5, 0.6) is 0 Å². The Balaban J connectivity index is 1.93. The molecular weight excluding hydrogens is 276 g/mol. The van der Waals surface area contributed by atoms with Gasteiger partial charge in [-0.1, -0.05) is 34.1 Å². The van der Waals surface area contributed by atoms with Crippen LogP contribution in [0.15, 0.2) is 12.4 Å². The molecule has 4 heteroatoms. The first kappa shape index (κ1) is 17.0. The summed E-state index contributed by atoms with van der Waals surface area (Å²) >= 11 is 0. The monoisotopic (exact) mass is 306 g/mol. The molecule has 1 fully saturated rings. The molecule has 1 aromatic rings. The third-order valence-electron chi connectivity index (χ3n) is 4.93. The van der Waals surface area contributed by atoms with Crippen LogP contribution in [0, 0.1) is 23.7 Å². The first-order valence-electron chi connectivity index (χ1n) is 8.54. The predicted molar refractivity (Wildman–Crippen MR) is 87.3 cm³/mol. The van der Waals surface area contributed by atoms with Crippen molar-refractivity contribution in [1.29, 1.82) is 0 Å². The summed E-state index contributed by atoms with van der Waals surface area (Å²) in [5.41, 5.74) is 1.09. The lowest BCUT2D eigenvalue weighted by Crippen LogP contribution is -2.37. The lowest BCUT2D eigenvalue weighted by Gasteiger charge is -2.37. The number of carbonyl (C=O) groups excluding carboxylic acids is 1. The van der Waals surface area contributed by atoms with Gasteiger partial charge in [0.05, 0.1) is 12.1 Å². The van der Waals surface area contributed by atoms with E-state index in [4.69, 9.17) is 4.74 Å². The molecule has 0 amide bonds. The van der Waals surface area contributed by atoms with Crippen molar-refractivity contribution in [2.75, 3.05) is 0 Å². The first-order chi connectivity index (χ1) is 10.4. The van der Waals surface area contributed by atoms with Crippen LogP contribution in [0.25, 0.3) is 0 Å². The van der Waals surface area contributed by atoms with Gasteiger partial charge in [0.1, 0.15) is 6.10 Å². The Morgan fingerprint density at radius 3 is 2.73 bits per heavy atom. The second-order valence-electron chi connectivity index (χ2n) is 7.43. The second-order valence-corrected chi connectivity index (χ2v) is 7.43. The number of hydrogen-bond donors (Lipinski definition) is 0. The Morgan fingerprint density at radius 2 is 2.14 bits per heavy atom. The van der Waals surface area contributed by atoms with Crippen molar-refractivity contribution in [2.45, 2.75) is 59.5 Å². The average Bonchev–Trinajstić information content (AvgIpc) is 2.83. The highest BCUT2D eigenvalue weighted by atomic mass is 16.5. The number of esters is 1. The van der Waals surface area contributed by atoms with Gasteiger partial charge >= 0.3 is 5.97 Å². The van der Waals surface area contributed by atoms with Crippen LogP contribution >= 0.6 is 0 Å². The number of carbonyl (C=O) groups is 1. The van der Waals surface area contributed by atoms with E-state index < -0.39 is 0 Å². The quantitative estimate of drug-likeness (QED) is 0.781. The normalized spacial score (nSPS) is 26.9. The molecule has 1 saturated carbocycles. The molecule has 0 saturated heterocycles. The molecule has 1 aliphatic carbocycles. The number of hydrogen-bond acceptors (Lipinski definition) is 3. The fourth-order valence-corrected chi connectivity index (χ4v) is 3.53. The van der Waals surface area contributed by atoms with Crippen molar-refractivity contribution < 1.29 is 9.53 Å². The van der Waals surface area contributed by atoms with E-state index in [0.29, 0.717) is 24.2 Å². The number of ether oxygens (including phenoxy) is 1. The highest BCUT2D eigenvalue weighted by molar-refractivity contribution is 5.72. The molecule has 0 bridgehead atoms. The van der Waals surface area contributed by atoms with Gasteiger partial charge < -0.3 is 4.74 Å². The molecule has 0 spiro atoms. The highest BCUT2D eigenvalue weighted by Crippen LogP contribution is 2.35.